The zero-order valence-electron chi connectivity index (χ0n) is 20.1. The fourth-order valence-electron chi connectivity index (χ4n) is 3.27. The smallest absolute Gasteiger partial charge is 0.294 e. The second kappa shape index (κ2) is 11.2. The fourth-order valence-corrected chi connectivity index (χ4v) is 4.11. The molecule has 7 nitrogen and oxygen atoms in total. The van der Waals surface area contributed by atoms with E-state index in [9.17, 15) is 14.4 Å². The summed E-state index contributed by atoms with van der Waals surface area (Å²) in [5, 5.41) is 2.31. The summed E-state index contributed by atoms with van der Waals surface area (Å²) in [6.45, 7) is 9.83. The summed E-state index contributed by atoms with van der Waals surface area (Å²) >= 11 is 0.815. The topological polar surface area (TPSA) is 84.9 Å². The van der Waals surface area contributed by atoms with Gasteiger partial charge in [0.15, 0.2) is 11.5 Å². The van der Waals surface area contributed by atoms with Crippen molar-refractivity contribution in [3.63, 3.8) is 0 Å². The largest absolute Gasteiger partial charge is 0.490 e. The first-order valence-electron chi connectivity index (χ1n) is 11.3. The van der Waals surface area contributed by atoms with Crippen molar-refractivity contribution in [3.8, 4) is 11.5 Å². The summed E-state index contributed by atoms with van der Waals surface area (Å²) in [5.74, 6) is 0.277. The lowest BCUT2D eigenvalue weighted by Crippen LogP contribution is -2.36. The molecule has 0 aromatic heterocycles. The molecule has 1 N–H and O–H groups in total. The first-order chi connectivity index (χ1) is 16.2. The van der Waals surface area contributed by atoms with Gasteiger partial charge >= 0.3 is 0 Å². The molecule has 1 fully saturated rings. The second-order valence-corrected chi connectivity index (χ2v) is 9.10. The van der Waals surface area contributed by atoms with Gasteiger partial charge in [-0.15, -0.1) is 0 Å². The number of imide groups is 1. The van der Waals surface area contributed by atoms with Crippen LogP contribution in [0.1, 0.15) is 43.9 Å². The van der Waals surface area contributed by atoms with Crippen LogP contribution in [0.3, 0.4) is 0 Å². The van der Waals surface area contributed by atoms with Gasteiger partial charge in [0.25, 0.3) is 11.1 Å². The van der Waals surface area contributed by atoms with Crippen LogP contribution in [0.15, 0.2) is 41.3 Å². The molecular formula is C26H30N2O5S. The van der Waals surface area contributed by atoms with Crippen molar-refractivity contribution >= 4 is 40.6 Å². The number of anilines is 1. The molecule has 3 rings (SSSR count). The first-order valence-corrected chi connectivity index (χ1v) is 12.1. The Morgan fingerprint density at radius 2 is 1.88 bits per heavy atom. The van der Waals surface area contributed by atoms with Crippen LogP contribution >= 0.6 is 11.8 Å². The van der Waals surface area contributed by atoms with Gasteiger partial charge in [0.1, 0.15) is 6.54 Å². The van der Waals surface area contributed by atoms with E-state index >= 15 is 0 Å². The molecule has 0 aliphatic carbocycles. The molecule has 1 saturated heterocycles. The molecule has 180 valence electrons. The van der Waals surface area contributed by atoms with Gasteiger partial charge in [0, 0.05) is 5.69 Å². The lowest BCUT2D eigenvalue weighted by Gasteiger charge is -2.16. The number of hydrogen-bond acceptors (Lipinski definition) is 6. The van der Waals surface area contributed by atoms with Gasteiger partial charge < -0.3 is 14.8 Å². The highest BCUT2D eigenvalue weighted by atomic mass is 32.2. The fraction of sp³-hybridized carbons (Fsp3) is 0.346. The lowest BCUT2D eigenvalue weighted by atomic mass is 10.1. The predicted molar refractivity (Wildman–Crippen MR) is 135 cm³/mol. The van der Waals surface area contributed by atoms with Crippen LogP contribution in [0.25, 0.3) is 6.08 Å². The summed E-state index contributed by atoms with van der Waals surface area (Å²) in [5.41, 5.74) is 3.27. The van der Waals surface area contributed by atoms with Gasteiger partial charge in [-0.3, -0.25) is 19.3 Å². The highest BCUT2D eigenvalue weighted by Gasteiger charge is 2.36. The average molecular weight is 483 g/mol. The second-order valence-electron chi connectivity index (χ2n) is 8.11. The Bertz CT molecular complexity index is 1130. The van der Waals surface area contributed by atoms with E-state index in [0.29, 0.717) is 29.4 Å². The quantitative estimate of drug-likeness (QED) is 0.472. The van der Waals surface area contributed by atoms with Gasteiger partial charge in [0.05, 0.1) is 17.6 Å². The third kappa shape index (κ3) is 6.20. The Hall–Kier alpha value is -3.26. The Labute approximate surface area is 204 Å². The summed E-state index contributed by atoms with van der Waals surface area (Å²) < 4.78 is 11.6. The van der Waals surface area contributed by atoms with E-state index < -0.39 is 17.1 Å². The van der Waals surface area contributed by atoms with Gasteiger partial charge in [-0.05, 0) is 86.8 Å². The normalized spacial score (nSPS) is 15.6. The van der Waals surface area contributed by atoms with Crippen molar-refractivity contribution in [2.24, 2.45) is 0 Å². The molecule has 1 aliphatic heterocycles. The maximum atomic E-state index is 12.9. The molecule has 0 radical (unpaired) electrons. The number of hydrogen-bond donors (Lipinski definition) is 1. The van der Waals surface area contributed by atoms with Crippen LogP contribution in [0.2, 0.25) is 0 Å². The summed E-state index contributed by atoms with van der Waals surface area (Å²) in [6, 6.07) is 11.1. The van der Waals surface area contributed by atoms with E-state index in [1.165, 1.54) is 0 Å². The first kappa shape index (κ1) is 25.4. The maximum Gasteiger partial charge on any atom is 0.294 e. The molecule has 0 spiro atoms. The van der Waals surface area contributed by atoms with Crippen LogP contribution < -0.4 is 14.8 Å². The third-order valence-corrected chi connectivity index (χ3v) is 6.22. The lowest BCUT2D eigenvalue weighted by molar-refractivity contribution is -0.127. The van der Waals surface area contributed by atoms with Crippen LogP contribution in [0, 0.1) is 13.8 Å². The number of nitrogens with one attached hydrogen (secondary N) is 1. The molecule has 1 atom stereocenters. The molecule has 1 heterocycles. The molecule has 34 heavy (non-hydrogen) atoms. The molecule has 2 aromatic carbocycles. The minimum absolute atomic E-state index is 0.0382. The Balaban J connectivity index is 1.74. The van der Waals surface area contributed by atoms with E-state index in [-0.39, 0.29) is 17.6 Å². The monoisotopic (exact) mass is 482 g/mol. The average Bonchev–Trinajstić information content (AvgIpc) is 3.05. The summed E-state index contributed by atoms with van der Waals surface area (Å²) in [7, 11) is 0. The van der Waals surface area contributed by atoms with Gasteiger partial charge in [-0.25, -0.2) is 0 Å². The van der Waals surface area contributed by atoms with E-state index in [1.54, 1.807) is 24.3 Å². The zero-order valence-corrected chi connectivity index (χ0v) is 21.0. The van der Waals surface area contributed by atoms with Crippen molar-refractivity contribution in [2.75, 3.05) is 18.5 Å². The predicted octanol–water partition coefficient (Wildman–Crippen LogP) is 5.55. The summed E-state index contributed by atoms with van der Waals surface area (Å²) in [4.78, 5) is 39.1. The number of ether oxygens (including phenoxy) is 2. The Kier molecular flexibility index (Phi) is 8.39. The standard InChI is InChI=1S/C26H30N2O5S/c1-6-18(5)33-21-11-10-19(13-22(21)32-7-2)14-23-25(30)28(26(31)34-23)15-24(29)27-20-12-16(3)8-9-17(20)4/h8-14,18H,6-7,15H2,1-5H3,(H,27,29)/b23-14+/t18-/m1/s1. The van der Waals surface area contributed by atoms with Crippen molar-refractivity contribution in [1.29, 1.82) is 0 Å². The zero-order chi connectivity index (χ0) is 24.8. The van der Waals surface area contributed by atoms with Gasteiger partial charge in [-0.1, -0.05) is 25.1 Å². The molecular weight excluding hydrogens is 452 g/mol. The minimum atomic E-state index is -0.496. The SMILES string of the molecule is CCOc1cc(/C=C2/SC(=O)N(CC(=O)Nc3cc(C)ccc3C)C2=O)ccc1O[C@H](C)CC. The molecule has 1 aliphatic rings. The number of carbonyl (C=O) groups excluding carboxylic acids is 3. The number of aryl methyl sites for hydroxylation is 2. The van der Waals surface area contributed by atoms with Crippen molar-refractivity contribution in [1.82, 2.24) is 4.90 Å². The maximum absolute atomic E-state index is 12.9. The Morgan fingerprint density at radius 3 is 2.59 bits per heavy atom. The summed E-state index contributed by atoms with van der Waals surface area (Å²) in [6.07, 6.45) is 2.52. The number of benzene rings is 2. The number of nitrogens with zero attached hydrogens (tertiary/aromatic N) is 1. The third-order valence-electron chi connectivity index (χ3n) is 5.31. The number of thioether (sulfide) groups is 1. The van der Waals surface area contributed by atoms with Gasteiger partial charge in [-0.2, -0.15) is 0 Å². The number of carbonyl (C=O) groups is 3. The Morgan fingerprint density at radius 1 is 1.12 bits per heavy atom. The van der Waals surface area contributed by atoms with Crippen LogP contribution in [0.5, 0.6) is 11.5 Å². The molecule has 0 bridgehead atoms. The van der Waals surface area contributed by atoms with Crippen molar-refractivity contribution in [2.45, 2.75) is 47.1 Å². The highest BCUT2D eigenvalue weighted by molar-refractivity contribution is 8.18. The van der Waals surface area contributed by atoms with Crippen LogP contribution in [-0.4, -0.2) is 41.2 Å². The van der Waals surface area contributed by atoms with E-state index in [2.05, 4.69) is 5.32 Å². The van der Waals surface area contributed by atoms with Crippen LogP contribution in [0.4, 0.5) is 10.5 Å². The van der Waals surface area contributed by atoms with Gasteiger partial charge in [0.2, 0.25) is 5.91 Å². The minimum Gasteiger partial charge on any atom is -0.490 e. The molecule has 0 saturated carbocycles. The molecule has 8 heteroatoms. The van der Waals surface area contributed by atoms with E-state index in [0.717, 1.165) is 34.2 Å². The van der Waals surface area contributed by atoms with Crippen LogP contribution in [-0.2, 0) is 9.59 Å². The molecule has 3 amide bonds. The van der Waals surface area contributed by atoms with Crippen molar-refractivity contribution in [3.05, 3.63) is 58.0 Å². The van der Waals surface area contributed by atoms with Crippen molar-refractivity contribution < 1.29 is 23.9 Å². The van der Waals surface area contributed by atoms with E-state index in [1.807, 2.05) is 52.8 Å². The highest BCUT2D eigenvalue weighted by Crippen LogP contribution is 2.35. The number of amides is 3. The molecule has 2 aromatic rings. The molecule has 0 unspecified atom stereocenters. The number of rotatable bonds is 9. The van der Waals surface area contributed by atoms with E-state index in [4.69, 9.17) is 9.47 Å².